The van der Waals surface area contributed by atoms with E-state index < -0.39 is 0 Å². The minimum absolute atomic E-state index is 0.117. The van der Waals surface area contributed by atoms with Crippen molar-refractivity contribution in [1.29, 1.82) is 0 Å². The van der Waals surface area contributed by atoms with E-state index in [0.29, 0.717) is 16.6 Å². The molecule has 2 aromatic rings. The zero-order valence-corrected chi connectivity index (χ0v) is 15.8. The molecule has 1 atom stereocenters. The predicted molar refractivity (Wildman–Crippen MR) is 105 cm³/mol. The van der Waals surface area contributed by atoms with Crippen molar-refractivity contribution in [3.8, 4) is 17.2 Å². The molecule has 2 N–H and O–H groups in total. The van der Waals surface area contributed by atoms with Crippen molar-refractivity contribution in [2.45, 2.75) is 19.4 Å². The summed E-state index contributed by atoms with van der Waals surface area (Å²) in [6.45, 7) is 2.11. The zero-order chi connectivity index (χ0) is 18.2. The van der Waals surface area contributed by atoms with Crippen LogP contribution in [0.3, 0.4) is 0 Å². The highest BCUT2D eigenvalue weighted by atomic mass is 32.1. The Balaban J connectivity index is 2.04. The molecule has 0 saturated carbocycles. The second kappa shape index (κ2) is 9.13. The van der Waals surface area contributed by atoms with E-state index in [1.165, 1.54) is 0 Å². The summed E-state index contributed by atoms with van der Waals surface area (Å²) in [6.07, 6.45) is 0.903. The normalized spacial score (nSPS) is 11.4. The Kier molecular flexibility index (Phi) is 6.89. The van der Waals surface area contributed by atoms with Crippen LogP contribution in [0.1, 0.15) is 24.9 Å². The van der Waals surface area contributed by atoms with Crippen LogP contribution in [0.4, 0.5) is 5.69 Å². The van der Waals surface area contributed by atoms with Crippen molar-refractivity contribution in [1.82, 2.24) is 5.32 Å². The van der Waals surface area contributed by atoms with E-state index in [0.717, 1.165) is 23.4 Å². The van der Waals surface area contributed by atoms with Gasteiger partial charge < -0.3 is 24.8 Å². The van der Waals surface area contributed by atoms with Gasteiger partial charge in [0, 0.05) is 11.8 Å². The SMILES string of the molecule is CC[C@@H](NC(=S)Nc1ccc(OC)c(OC)c1)c1ccc(OC)cc1. The smallest absolute Gasteiger partial charge is 0.171 e. The molecule has 0 spiro atoms. The molecule has 0 aliphatic rings. The maximum absolute atomic E-state index is 5.45. The number of hydrogen-bond acceptors (Lipinski definition) is 4. The van der Waals surface area contributed by atoms with E-state index in [2.05, 4.69) is 17.6 Å². The summed E-state index contributed by atoms with van der Waals surface area (Å²) in [4.78, 5) is 0. The highest BCUT2D eigenvalue weighted by molar-refractivity contribution is 7.80. The fraction of sp³-hybridized carbons (Fsp3) is 0.316. The number of thiocarbonyl (C=S) groups is 1. The largest absolute Gasteiger partial charge is 0.497 e. The maximum atomic E-state index is 5.45. The van der Waals surface area contributed by atoms with Crippen molar-refractivity contribution < 1.29 is 14.2 Å². The van der Waals surface area contributed by atoms with Crippen LogP contribution in [-0.4, -0.2) is 26.4 Å². The van der Waals surface area contributed by atoms with Gasteiger partial charge in [0.25, 0.3) is 0 Å². The second-order valence-electron chi connectivity index (χ2n) is 5.40. The van der Waals surface area contributed by atoms with Crippen molar-refractivity contribution in [2.75, 3.05) is 26.6 Å². The number of nitrogens with one attached hydrogen (secondary N) is 2. The Labute approximate surface area is 154 Å². The Hall–Kier alpha value is -2.47. The van der Waals surface area contributed by atoms with Gasteiger partial charge in [-0.1, -0.05) is 19.1 Å². The average Bonchev–Trinajstić information content (AvgIpc) is 2.66. The number of methoxy groups -OCH3 is 3. The Bertz CT molecular complexity index is 704. The van der Waals surface area contributed by atoms with Crippen molar-refractivity contribution in [3.05, 3.63) is 48.0 Å². The van der Waals surface area contributed by atoms with Gasteiger partial charge in [-0.15, -0.1) is 0 Å². The maximum Gasteiger partial charge on any atom is 0.171 e. The first-order valence-electron chi connectivity index (χ1n) is 8.04. The molecule has 134 valence electrons. The topological polar surface area (TPSA) is 51.8 Å². The zero-order valence-electron chi connectivity index (χ0n) is 15.0. The first kappa shape index (κ1) is 18.9. The van der Waals surface area contributed by atoms with Gasteiger partial charge in [-0.3, -0.25) is 0 Å². The first-order chi connectivity index (χ1) is 12.1. The summed E-state index contributed by atoms with van der Waals surface area (Å²) in [6, 6.07) is 13.7. The van der Waals surface area contributed by atoms with E-state index >= 15 is 0 Å². The number of benzene rings is 2. The third kappa shape index (κ3) is 5.00. The monoisotopic (exact) mass is 360 g/mol. The molecular formula is C19H24N2O3S. The number of rotatable bonds is 7. The standard InChI is InChI=1S/C19H24N2O3S/c1-5-16(13-6-9-15(22-2)10-7-13)21-19(25)20-14-8-11-17(23-3)18(12-14)24-4/h6-12,16H,5H2,1-4H3,(H2,20,21,25)/t16-/m1/s1. The molecule has 0 radical (unpaired) electrons. The van der Waals surface area contributed by atoms with Crippen LogP contribution in [0.5, 0.6) is 17.2 Å². The molecule has 0 aromatic heterocycles. The van der Waals surface area contributed by atoms with Gasteiger partial charge in [0.1, 0.15) is 5.75 Å². The van der Waals surface area contributed by atoms with Crippen molar-refractivity contribution >= 4 is 23.0 Å². The molecule has 0 saturated heterocycles. The minimum Gasteiger partial charge on any atom is -0.497 e. The van der Waals surface area contributed by atoms with E-state index in [-0.39, 0.29) is 6.04 Å². The van der Waals surface area contributed by atoms with Crippen LogP contribution in [0.25, 0.3) is 0 Å². The summed E-state index contributed by atoms with van der Waals surface area (Å²) in [7, 11) is 4.87. The Morgan fingerprint density at radius 3 is 2.20 bits per heavy atom. The van der Waals surface area contributed by atoms with Gasteiger partial charge in [0.2, 0.25) is 0 Å². The lowest BCUT2D eigenvalue weighted by atomic mass is 10.0. The molecule has 0 aliphatic carbocycles. The summed E-state index contributed by atoms with van der Waals surface area (Å²) in [5.41, 5.74) is 1.99. The summed E-state index contributed by atoms with van der Waals surface area (Å²) in [5, 5.41) is 7.08. The van der Waals surface area contributed by atoms with E-state index in [1.54, 1.807) is 21.3 Å². The molecule has 25 heavy (non-hydrogen) atoms. The first-order valence-corrected chi connectivity index (χ1v) is 8.45. The fourth-order valence-electron chi connectivity index (χ4n) is 2.50. The highest BCUT2D eigenvalue weighted by Crippen LogP contribution is 2.29. The molecule has 0 amide bonds. The van der Waals surface area contributed by atoms with Crippen LogP contribution < -0.4 is 24.8 Å². The van der Waals surface area contributed by atoms with Gasteiger partial charge in [0.05, 0.1) is 27.4 Å². The van der Waals surface area contributed by atoms with E-state index in [4.69, 9.17) is 26.4 Å². The summed E-state index contributed by atoms with van der Waals surface area (Å²) in [5.74, 6) is 2.17. The fourth-order valence-corrected chi connectivity index (χ4v) is 2.76. The van der Waals surface area contributed by atoms with Gasteiger partial charge in [0.15, 0.2) is 16.6 Å². The lowest BCUT2D eigenvalue weighted by Gasteiger charge is -2.20. The van der Waals surface area contributed by atoms with Gasteiger partial charge >= 0.3 is 0 Å². The lowest BCUT2D eigenvalue weighted by Crippen LogP contribution is -2.32. The molecule has 2 rings (SSSR count). The van der Waals surface area contributed by atoms with Gasteiger partial charge in [-0.25, -0.2) is 0 Å². The van der Waals surface area contributed by atoms with Crippen LogP contribution in [0, 0.1) is 0 Å². The molecule has 0 bridgehead atoms. The second-order valence-corrected chi connectivity index (χ2v) is 5.81. The molecule has 0 aliphatic heterocycles. The molecule has 5 nitrogen and oxygen atoms in total. The average molecular weight is 360 g/mol. The molecule has 0 unspecified atom stereocenters. The highest BCUT2D eigenvalue weighted by Gasteiger charge is 2.12. The quantitative estimate of drug-likeness (QED) is 0.724. The minimum atomic E-state index is 0.117. The molecule has 2 aromatic carbocycles. The Morgan fingerprint density at radius 2 is 1.64 bits per heavy atom. The van der Waals surface area contributed by atoms with Crippen molar-refractivity contribution in [3.63, 3.8) is 0 Å². The molecule has 6 heteroatoms. The summed E-state index contributed by atoms with van der Waals surface area (Å²) < 4.78 is 15.8. The van der Waals surface area contributed by atoms with E-state index in [1.807, 2.05) is 42.5 Å². The number of hydrogen-bond donors (Lipinski definition) is 2. The number of anilines is 1. The van der Waals surface area contributed by atoms with Crippen LogP contribution in [0.15, 0.2) is 42.5 Å². The lowest BCUT2D eigenvalue weighted by molar-refractivity contribution is 0.355. The van der Waals surface area contributed by atoms with Crippen LogP contribution in [0.2, 0.25) is 0 Å². The molecule has 0 heterocycles. The van der Waals surface area contributed by atoms with Gasteiger partial charge in [-0.2, -0.15) is 0 Å². The third-order valence-corrected chi connectivity index (χ3v) is 4.09. The molecule has 0 fully saturated rings. The van der Waals surface area contributed by atoms with Crippen LogP contribution >= 0.6 is 12.2 Å². The third-order valence-electron chi connectivity index (χ3n) is 3.87. The molecular weight excluding hydrogens is 336 g/mol. The Morgan fingerprint density at radius 1 is 0.960 bits per heavy atom. The number of ether oxygens (including phenoxy) is 3. The summed E-state index contributed by atoms with van der Waals surface area (Å²) >= 11 is 5.45. The van der Waals surface area contributed by atoms with E-state index in [9.17, 15) is 0 Å². The predicted octanol–water partition coefficient (Wildman–Crippen LogP) is 4.15. The van der Waals surface area contributed by atoms with Crippen molar-refractivity contribution in [2.24, 2.45) is 0 Å². The van der Waals surface area contributed by atoms with Gasteiger partial charge in [-0.05, 0) is 48.5 Å². The van der Waals surface area contributed by atoms with Crippen LogP contribution in [-0.2, 0) is 0 Å².